The van der Waals surface area contributed by atoms with E-state index in [-0.39, 0.29) is 5.91 Å². The van der Waals surface area contributed by atoms with Crippen LogP contribution in [-0.4, -0.2) is 17.9 Å². The van der Waals surface area contributed by atoms with Crippen LogP contribution in [0.15, 0.2) is 18.2 Å². The summed E-state index contributed by atoms with van der Waals surface area (Å²) in [6, 6.07) is 5.88. The summed E-state index contributed by atoms with van der Waals surface area (Å²) in [6.45, 7) is 2.81. The number of carbonyl (C=O) groups is 1. The number of hydrogen-bond donors (Lipinski definition) is 0. The number of benzene rings is 1. The van der Waals surface area contributed by atoms with Crippen molar-refractivity contribution in [3.05, 3.63) is 34.9 Å². The molecule has 0 saturated carbocycles. The van der Waals surface area contributed by atoms with Gasteiger partial charge in [-0.2, -0.15) is 0 Å². The van der Waals surface area contributed by atoms with E-state index in [2.05, 4.69) is 0 Å². The number of fused-ring (bicyclic) bond motifs is 1. The maximum Gasteiger partial charge on any atom is 0.254 e. The summed E-state index contributed by atoms with van der Waals surface area (Å²) in [5, 5.41) is 0. The van der Waals surface area contributed by atoms with Crippen LogP contribution in [0.4, 0.5) is 0 Å². The fourth-order valence-electron chi connectivity index (χ4n) is 1.63. The summed E-state index contributed by atoms with van der Waals surface area (Å²) in [4.78, 5) is 13.2. The minimum Gasteiger partial charge on any atom is -0.337 e. The van der Waals surface area contributed by atoms with Crippen molar-refractivity contribution in [1.29, 1.82) is 0 Å². The molecule has 0 aromatic heterocycles. The normalized spacial score (nSPS) is 15.2. The molecule has 0 fully saturated rings. The number of aryl methyl sites for hydroxylation is 1. The Hall–Kier alpha value is -1.31. The molecule has 0 atom stereocenters. The molecular weight excluding hydrogens is 150 g/mol. The maximum atomic E-state index is 11.5. The van der Waals surface area contributed by atoms with Crippen LogP contribution in [0.25, 0.3) is 0 Å². The third-order valence-electron chi connectivity index (χ3n) is 2.38. The second-order valence-corrected chi connectivity index (χ2v) is 3.26. The molecule has 1 aliphatic rings. The summed E-state index contributed by atoms with van der Waals surface area (Å²) < 4.78 is 0. The molecule has 12 heavy (non-hydrogen) atoms. The molecular formula is C10H11NO. The highest BCUT2D eigenvalue weighted by molar-refractivity contribution is 5.98. The van der Waals surface area contributed by atoms with Crippen LogP contribution < -0.4 is 0 Å². The van der Waals surface area contributed by atoms with Gasteiger partial charge in [0.05, 0.1) is 0 Å². The number of nitrogens with zero attached hydrogens (tertiary/aromatic N) is 1. The van der Waals surface area contributed by atoms with E-state index in [0.29, 0.717) is 0 Å². The third-order valence-corrected chi connectivity index (χ3v) is 2.38. The largest absolute Gasteiger partial charge is 0.337 e. The second-order valence-electron chi connectivity index (χ2n) is 3.26. The Morgan fingerprint density at radius 2 is 2.17 bits per heavy atom. The SMILES string of the molecule is Cc1cccc2c1CN(C)C2=O. The molecule has 1 heterocycles. The standard InChI is InChI=1S/C10H11NO/c1-7-4-3-5-8-9(7)6-11(2)10(8)12/h3-5H,6H2,1-2H3. The molecule has 1 aromatic rings. The summed E-state index contributed by atoms with van der Waals surface area (Å²) >= 11 is 0. The van der Waals surface area contributed by atoms with Crippen molar-refractivity contribution in [3.63, 3.8) is 0 Å². The van der Waals surface area contributed by atoms with Crippen molar-refractivity contribution >= 4 is 5.91 Å². The van der Waals surface area contributed by atoms with Gasteiger partial charge in [-0.3, -0.25) is 4.79 Å². The average Bonchev–Trinajstić information content (AvgIpc) is 2.32. The Labute approximate surface area is 71.8 Å². The molecule has 0 unspecified atom stereocenters. The van der Waals surface area contributed by atoms with Crippen molar-refractivity contribution in [1.82, 2.24) is 4.90 Å². The van der Waals surface area contributed by atoms with Crippen LogP contribution in [-0.2, 0) is 6.54 Å². The van der Waals surface area contributed by atoms with E-state index in [1.165, 1.54) is 11.1 Å². The van der Waals surface area contributed by atoms with E-state index in [1.54, 1.807) is 4.90 Å². The Bertz CT molecular complexity index is 344. The third kappa shape index (κ3) is 0.843. The van der Waals surface area contributed by atoms with Gasteiger partial charge in [-0.1, -0.05) is 12.1 Å². The van der Waals surface area contributed by atoms with Gasteiger partial charge in [0, 0.05) is 19.2 Å². The van der Waals surface area contributed by atoms with Crippen LogP contribution in [0, 0.1) is 6.92 Å². The van der Waals surface area contributed by atoms with E-state index in [1.807, 2.05) is 32.2 Å². The van der Waals surface area contributed by atoms with Crippen LogP contribution in [0.3, 0.4) is 0 Å². The van der Waals surface area contributed by atoms with Crippen LogP contribution in [0.2, 0.25) is 0 Å². The van der Waals surface area contributed by atoms with E-state index < -0.39 is 0 Å². The second kappa shape index (κ2) is 2.34. The first-order valence-electron chi connectivity index (χ1n) is 4.04. The average molecular weight is 161 g/mol. The van der Waals surface area contributed by atoms with E-state index in [0.717, 1.165) is 12.1 Å². The molecule has 2 rings (SSSR count). The van der Waals surface area contributed by atoms with Gasteiger partial charge in [-0.25, -0.2) is 0 Å². The highest BCUT2D eigenvalue weighted by Crippen LogP contribution is 2.23. The summed E-state index contributed by atoms with van der Waals surface area (Å²) in [6.07, 6.45) is 0. The topological polar surface area (TPSA) is 20.3 Å². The first-order valence-corrected chi connectivity index (χ1v) is 4.04. The van der Waals surface area contributed by atoms with Crippen molar-refractivity contribution in [2.24, 2.45) is 0 Å². The minimum absolute atomic E-state index is 0.147. The van der Waals surface area contributed by atoms with Gasteiger partial charge in [-0.05, 0) is 24.1 Å². The number of carbonyl (C=O) groups excluding carboxylic acids is 1. The predicted molar refractivity (Wildman–Crippen MR) is 47.0 cm³/mol. The smallest absolute Gasteiger partial charge is 0.254 e. The summed E-state index contributed by atoms with van der Waals surface area (Å²) in [7, 11) is 1.84. The molecule has 0 N–H and O–H groups in total. The molecule has 1 amide bonds. The molecule has 1 aromatic carbocycles. The van der Waals surface area contributed by atoms with E-state index in [4.69, 9.17) is 0 Å². The van der Waals surface area contributed by atoms with Crippen LogP contribution in [0.5, 0.6) is 0 Å². The van der Waals surface area contributed by atoms with Crippen molar-refractivity contribution in [2.75, 3.05) is 7.05 Å². The van der Waals surface area contributed by atoms with Gasteiger partial charge in [0.25, 0.3) is 5.91 Å². The van der Waals surface area contributed by atoms with Gasteiger partial charge in [0.2, 0.25) is 0 Å². The number of rotatable bonds is 0. The monoisotopic (exact) mass is 161 g/mol. The molecule has 1 aliphatic heterocycles. The van der Waals surface area contributed by atoms with E-state index in [9.17, 15) is 4.79 Å². The number of hydrogen-bond acceptors (Lipinski definition) is 1. The van der Waals surface area contributed by atoms with E-state index >= 15 is 0 Å². The van der Waals surface area contributed by atoms with Crippen LogP contribution in [0.1, 0.15) is 21.5 Å². The van der Waals surface area contributed by atoms with Crippen LogP contribution >= 0.6 is 0 Å². The lowest BCUT2D eigenvalue weighted by Crippen LogP contribution is -2.17. The van der Waals surface area contributed by atoms with Gasteiger partial charge in [-0.15, -0.1) is 0 Å². The first-order chi connectivity index (χ1) is 5.70. The van der Waals surface area contributed by atoms with Crippen molar-refractivity contribution in [2.45, 2.75) is 13.5 Å². The summed E-state index contributed by atoms with van der Waals surface area (Å²) in [5.74, 6) is 0.147. The Morgan fingerprint density at radius 1 is 1.42 bits per heavy atom. The molecule has 0 radical (unpaired) electrons. The lowest BCUT2D eigenvalue weighted by molar-refractivity contribution is 0.0816. The molecule has 2 heteroatoms. The predicted octanol–water partition coefficient (Wildman–Crippen LogP) is 1.58. The Morgan fingerprint density at radius 3 is 2.83 bits per heavy atom. The molecule has 0 saturated heterocycles. The molecule has 0 aliphatic carbocycles. The summed E-state index contributed by atoms with van der Waals surface area (Å²) in [5.41, 5.74) is 3.27. The first kappa shape index (κ1) is 7.35. The molecule has 2 nitrogen and oxygen atoms in total. The Balaban J connectivity index is 2.61. The molecule has 0 bridgehead atoms. The lowest BCUT2D eigenvalue weighted by Gasteiger charge is -2.05. The highest BCUT2D eigenvalue weighted by atomic mass is 16.2. The zero-order chi connectivity index (χ0) is 8.72. The lowest BCUT2D eigenvalue weighted by atomic mass is 10.1. The fourth-order valence-corrected chi connectivity index (χ4v) is 1.63. The number of amides is 1. The van der Waals surface area contributed by atoms with Gasteiger partial charge in [0.15, 0.2) is 0 Å². The Kier molecular flexibility index (Phi) is 1.43. The molecule has 62 valence electrons. The fraction of sp³-hybridized carbons (Fsp3) is 0.300. The quantitative estimate of drug-likeness (QED) is 0.565. The van der Waals surface area contributed by atoms with Crippen molar-refractivity contribution in [3.8, 4) is 0 Å². The highest BCUT2D eigenvalue weighted by Gasteiger charge is 2.24. The zero-order valence-electron chi connectivity index (χ0n) is 7.29. The van der Waals surface area contributed by atoms with Gasteiger partial charge in [0.1, 0.15) is 0 Å². The minimum atomic E-state index is 0.147. The molecule has 0 spiro atoms. The maximum absolute atomic E-state index is 11.5. The van der Waals surface area contributed by atoms with Gasteiger partial charge >= 0.3 is 0 Å². The zero-order valence-corrected chi connectivity index (χ0v) is 7.29. The van der Waals surface area contributed by atoms with Gasteiger partial charge < -0.3 is 4.90 Å². The van der Waals surface area contributed by atoms with Crippen molar-refractivity contribution < 1.29 is 4.79 Å².